The van der Waals surface area contributed by atoms with Crippen LogP contribution in [0.5, 0.6) is 5.75 Å². The van der Waals surface area contributed by atoms with Gasteiger partial charge in [0, 0.05) is 30.9 Å². The van der Waals surface area contributed by atoms with Crippen molar-refractivity contribution in [2.75, 3.05) is 38.2 Å². The number of aryl methyl sites for hydroxylation is 1. The highest BCUT2D eigenvalue weighted by molar-refractivity contribution is 6.06. The number of anilines is 1. The van der Waals surface area contributed by atoms with E-state index < -0.39 is 11.7 Å². The van der Waals surface area contributed by atoms with Crippen molar-refractivity contribution < 1.29 is 22.7 Å². The van der Waals surface area contributed by atoms with E-state index >= 15 is 0 Å². The van der Waals surface area contributed by atoms with Crippen LogP contribution in [0.25, 0.3) is 0 Å². The number of alkyl halides is 3. The molecule has 0 spiro atoms. The number of carbonyl (C=O) groups is 1. The zero-order valence-corrected chi connectivity index (χ0v) is 18.1. The number of fused-ring (bicyclic) bond motifs is 1. The fraction of sp³-hybridized carbons (Fsp3) is 0.320. The Bertz CT molecular complexity index is 968. The fourth-order valence-electron chi connectivity index (χ4n) is 3.59. The number of amides is 1. The molecule has 0 saturated carbocycles. The van der Waals surface area contributed by atoms with Crippen molar-refractivity contribution in [1.82, 2.24) is 4.90 Å². The Morgan fingerprint density at radius 2 is 1.91 bits per heavy atom. The van der Waals surface area contributed by atoms with Gasteiger partial charge in [-0.05, 0) is 67.9 Å². The summed E-state index contributed by atoms with van der Waals surface area (Å²) in [5.41, 5.74) is 1.23. The maximum absolute atomic E-state index is 12.9. The Labute approximate surface area is 186 Å². The number of hydrogen-bond acceptors (Lipinski definition) is 3. The predicted molar refractivity (Wildman–Crippen MR) is 120 cm³/mol. The molecule has 4 nitrogen and oxygen atoms in total. The summed E-state index contributed by atoms with van der Waals surface area (Å²) >= 11 is 0. The van der Waals surface area contributed by atoms with E-state index in [4.69, 9.17) is 4.74 Å². The molecule has 0 saturated heterocycles. The molecule has 2 aromatic rings. The lowest BCUT2D eigenvalue weighted by molar-refractivity contribution is -0.137. The molecule has 0 unspecified atom stereocenters. The van der Waals surface area contributed by atoms with Crippen LogP contribution in [0.2, 0.25) is 0 Å². The molecular weight excluding hydrogens is 417 g/mol. The van der Waals surface area contributed by atoms with Crippen molar-refractivity contribution in [2.45, 2.75) is 19.0 Å². The molecule has 3 rings (SSSR count). The van der Waals surface area contributed by atoms with Gasteiger partial charge < -0.3 is 9.64 Å². The molecule has 0 atom stereocenters. The van der Waals surface area contributed by atoms with Gasteiger partial charge in [0.05, 0.1) is 5.56 Å². The summed E-state index contributed by atoms with van der Waals surface area (Å²) in [5.74, 6) is 0.414. The van der Waals surface area contributed by atoms with Crippen LogP contribution >= 0.6 is 0 Å². The first-order valence-corrected chi connectivity index (χ1v) is 10.5. The number of likely N-dealkylation sites (N-methyl/N-ethyl adjacent to an activating group) is 1. The van der Waals surface area contributed by atoms with Crippen LogP contribution in [-0.4, -0.2) is 44.1 Å². The third-order valence-corrected chi connectivity index (χ3v) is 5.24. The summed E-state index contributed by atoms with van der Waals surface area (Å²) in [5, 5.41) is 0. The van der Waals surface area contributed by atoms with Gasteiger partial charge in [0.25, 0.3) is 5.91 Å². The van der Waals surface area contributed by atoms with Gasteiger partial charge in [-0.3, -0.25) is 9.69 Å². The average Bonchev–Trinajstić information content (AvgIpc) is 2.77. The molecule has 7 heteroatoms. The van der Waals surface area contributed by atoms with Crippen molar-refractivity contribution in [3.63, 3.8) is 0 Å². The highest BCUT2D eigenvalue weighted by atomic mass is 19.4. The fourth-order valence-corrected chi connectivity index (χ4v) is 3.59. The topological polar surface area (TPSA) is 32.8 Å². The molecule has 0 N–H and O–H groups in total. The van der Waals surface area contributed by atoms with Crippen LogP contribution in [0.15, 0.2) is 67.3 Å². The van der Waals surface area contributed by atoms with Crippen LogP contribution in [0.3, 0.4) is 0 Å². The lowest BCUT2D eigenvalue weighted by Crippen LogP contribution is -2.35. The van der Waals surface area contributed by atoms with Crippen molar-refractivity contribution >= 4 is 11.6 Å². The van der Waals surface area contributed by atoms with Gasteiger partial charge in [-0.15, -0.1) is 6.58 Å². The summed E-state index contributed by atoms with van der Waals surface area (Å²) in [6, 6.07) is 9.93. The van der Waals surface area contributed by atoms with Gasteiger partial charge in [0.1, 0.15) is 12.4 Å². The standard InChI is InChI=1S/C25H27F3N2O2/c1-3-14-29(2)15-4-5-17-32-22-12-13-23-20(18-22)7-6-16-30(23)24(31)19-8-10-21(11-9-19)25(26,27)28/h3-5,8-13,18H,1,6-7,14-17H2,2H3/b5-4+. The third kappa shape index (κ3) is 6.01. The van der Waals surface area contributed by atoms with E-state index in [0.717, 1.165) is 55.1 Å². The molecule has 1 amide bonds. The number of nitrogens with zero attached hydrogens (tertiary/aromatic N) is 2. The quantitative estimate of drug-likeness (QED) is 0.515. The van der Waals surface area contributed by atoms with Gasteiger partial charge in [-0.25, -0.2) is 0 Å². The molecule has 0 aliphatic carbocycles. The van der Waals surface area contributed by atoms with E-state index in [9.17, 15) is 18.0 Å². The largest absolute Gasteiger partial charge is 0.490 e. The summed E-state index contributed by atoms with van der Waals surface area (Å²) in [4.78, 5) is 16.7. The second-order valence-electron chi connectivity index (χ2n) is 7.72. The number of benzene rings is 2. The first kappa shape index (κ1) is 23.6. The first-order valence-electron chi connectivity index (χ1n) is 10.5. The van der Waals surface area contributed by atoms with E-state index in [0.29, 0.717) is 13.2 Å². The maximum Gasteiger partial charge on any atom is 0.416 e. The van der Waals surface area contributed by atoms with Gasteiger partial charge >= 0.3 is 6.18 Å². The third-order valence-electron chi connectivity index (χ3n) is 5.24. The second-order valence-corrected chi connectivity index (χ2v) is 7.72. The molecule has 1 aliphatic rings. The number of rotatable bonds is 8. The van der Waals surface area contributed by atoms with E-state index in [1.807, 2.05) is 43.5 Å². The van der Waals surface area contributed by atoms with Gasteiger partial charge in [0.2, 0.25) is 0 Å². The smallest absolute Gasteiger partial charge is 0.416 e. The van der Waals surface area contributed by atoms with Crippen molar-refractivity contribution in [3.05, 3.63) is 84.0 Å². The number of carbonyl (C=O) groups excluding carboxylic acids is 1. The summed E-state index contributed by atoms with van der Waals surface area (Å²) in [6.07, 6.45) is 3.01. The van der Waals surface area contributed by atoms with Gasteiger partial charge in [-0.1, -0.05) is 18.2 Å². The van der Waals surface area contributed by atoms with Crippen LogP contribution in [-0.2, 0) is 12.6 Å². The minimum atomic E-state index is -4.42. The highest BCUT2D eigenvalue weighted by Crippen LogP contribution is 2.33. The predicted octanol–water partition coefficient (Wildman–Crippen LogP) is 5.35. The molecule has 2 aromatic carbocycles. The van der Waals surface area contributed by atoms with E-state index in [1.165, 1.54) is 12.1 Å². The Morgan fingerprint density at radius 3 is 2.59 bits per heavy atom. The van der Waals surface area contributed by atoms with Crippen molar-refractivity contribution in [2.24, 2.45) is 0 Å². The lowest BCUT2D eigenvalue weighted by Gasteiger charge is -2.30. The first-order chi connectivity index (χ1) is 15.3. The summed E-state index contributed by atoms with van der Waals surface area (Å²) in [7, 11) is 2.01. The zero-order chi connectivity index (χ0) is 23.1. The number of ether oxygens (including phenoxy) is 1. The molecule has 1 aliphatic heterocycles. The van der Waals surface area contributed by atoms with Crippen LogP contribution in [0, 0.1) is 0 Å². The summed E-state index contributed by atoms with van der Waals surface area (Å²) < 4.78 is 44.2. The van der Waals surface area contributed by atoms with E-state index in [-0.39, 0.29) is 11.5 Å². The van der Waals surface area contributed by atoms with E-state index in [2.05, 4.69) is 11.5 Å². The molecule has 170 valence electrons. The Kier molecular flexibility index (Phi) is 7.75. The Hall–Kier alpha value is -3.06. The van der Waals surface area contributed by atoms with Gasteiger partial charge in [-0.2, -0.15) is 13.2 Å². The maximum atomic E-state index is 12.9. The number of hydrogen-bond donors (Lipinski definition) is 0. The molecule has 1 heterocycles. The highest BCUT2D eigenvalue weighted by Gasteiger charge is 2.31. The normalized spacial score (nSPS) is 14.0. The van der Waals surface area contributed by atoms with Crippen molar-refractivity contribution in [3.8, 4) is 5.75 Å². The van der Waals surface area contributed by atoms with Gasteiger partial charge in [0.15, 0.2) is 0 Å². The van der Waals surface area contributed by atoms with E-state index in [1.54, 1.807) is 4.90 Å². The monoisotopic (exact) mass is 444 g/mol. The average molecular weight is 444 g/mol. The van der Waals surface area contributed by atoms with Crippen LogP contribution < -0.4 is 9.64 Å². The molecule has 0 bridgehead atoms. The molecule has 0 fully saturated rings. The van der Waals surface area contributed by atoms with Crippen LogP contribution in [0.1, 0.15) is 27.9 Å². The minimum absolute atomic E-state index is 0.234. The SMILES string of the molecule is C=CCN(C)C/C=C/COc1ccc2c(c1)CCCN2C(=O)c1ccc(C(F)(F)F)cc1. The Morgan fingerprint density at radius 1 is 1.16 bits per heavy atom. The molecule has 0 radical (unpaired) electrons. The minimum Gasteiger partial charge on any atom is -0.490 e. The second kappa shape index (κ2) is 10.5. The Balaban J connectivity index is 1.65. The summed E-state index contributed by atoms with van der Waals surface area (Å²) in [6.45, 7) is 6.29. The lowest BCUT2D eigenvalue weighted by atomic mass is 10.00. The zero-order valence-electron chi connectivity index (χ0n) is 18.1. The molecular formula is C25H27F3N2O2. The number of halogens is 3. The van der Waals surface area contributed by atoms with Crippen molar-refractivity contribution in [1.29, 1.82) is 0 Å². The molecule has 32 heavy (non-hydrogen) atoms. The molecule has 0 aromatic heterocycles. The van der Waals surface area contributed by atoms with Crippen LogP contribution in [0.4, 0.5) is 18.9 Å².